The van der Waals surface area contributed by atoms with Crippen molar-refractivity contribution in [3.05, 3.63) is 65.2 Å². The minimum Gasteiger partial charge on any atom is -0.489 e. The minimum atomic E-state index is -5.78. The number of terminal acetylenes is 1. The Hall–Kier alpha value is -2.86. The van der Waals surface area contributed by atoms with Crippen molar-refractivity contribution in [3.8, 4) is 18.3 Å². The first-order chi connectivity index (χ1) is 15.8. The third kappa shape index (κ3) is 6.60. The lowest BCUT2D eigenvalue weighted by Crippen LogP contribution is -2.61. The number of hydrogen-bond acceptors (Lipinski definition) is 3. The zero-order valence-electron chi connectivity index (χ0n) is 19.0. The highest BCUT2D eigenvalue weighted by molar-refractivity contribution is 5.30. The third-order valence-electron chi connectivity index (χ3n) is 5.46. The summed E-state index contributed by atoms with van der Waals surface area (Å²) in [5, 5.41) is 0. The van der Waals surface area contributed by atoms with Crippen LogP contribution in [-0.4, -0.2) is 24.2 Å². The summed E-state index contributed by atoms with van der Waals surface area (Å²) < 4.78 is 96.3. The molecule has 2 aromatic rings. The number of alkyl halides is 6. The smallest absolute Gasteiger partial charge is 0.426 e. The molecule has 0 N–H and O–H groups in total. The Kier molecular flexibility index (Phi) is 8.89. The molecule has 0 bridgehead atoms. The molecule has 34 heavy (non-hydrogen) atoms. The Morgan fingerprint density at radius 2 is 1.38 bits per heavy atom. The largest absolute Gasteiger partial charge is 0.489 e. The van der Waals surface area contributed by atoms with Gasteiger partial charge in [0.25, 0.3) is 5.60 Å². The van der Waals surface area contributed by atoms with E-state index >= 15 is 0 Å². The van der Waals surface area contributed by atoms with Gasteiger partial charge in [0.05, 0.1) is 0 Å². The molecule has 0 amide bonds. The van der Waals surface area contributed by atoms with E-state index in [0.717, 1.165) is 31.0 Å². The topological polar surface area (TPSA) is 27.7 Å². The molecule has 3 nitrogen and oxygen atoms in total. The van der Waals surface area contributed by atoms with Gasteiger partial charge in [-0.3, -0.25) is 0 Å². The van der Waals surface area contributed by atoms with Crippen LogP contribution in [0.5, 0.6) is 5.75 Å². The summed E-state index contributed by atoms with van der Waals surface area (Å²) in [4.78, 5) is 0. The van der Waals surface area contributed by atoms with Gasteiger partial charge < -0.3 is 14.2 Å². The molecule has 2 rings (SSSR count). The van der Waals surface area contributed by atoms with Gasteiger partial charge in [-0.25, -0.2) is 0 Å². The lowest BCUT2D eigenvalue weighted by Gasteiger charge is -2.38. The predicted octanol–water partition coefficient (Wildman–Crippen LogP) is 7.15. The quantitative estimate of drug-likeness (QED) is 0.202. The van der Waals surface area contributed by atoms with Gasteiger partial charge in [0.2, 0.25) is 6.29 Å². The normalized spacial score (nSPS) is 14.2. The second-order valence-electron chi connectivity index (χ2n) is 7.90. The van der Waals surface area contributed by atoms with Crippen LogP contribution in [0.15, 0.2) is 48.5 Å². The molecule has 9 heteroatoms. The van der Waals surface area contributed by atoms with Gasteiger partial charge in [0, 0.05) is 6.42 Å². The molecule has 186 valence electrons. The van der Waals surface area contributed by atoms with E-state index in [9.17, 15) is 26.3 Å². The maximum absolute atomic E-state index is 13.7. The fourth-order valence-corrected chi connectivity index (χ4v) is 3.28. The van der Waals surface area contributed by atoms with Gasteiger partial charge in [0.15, 0.2) is 0 Å². The molecule has 0 aliphatic carbocycles. The van der Waals surface area contributed by atoms with Gasteiger partial charge >= 0.3 is 12.4 Å². The van der Waals surface area contributed by atoms with E-state index < -0.39 is 30.7 Å². The average molecular weight is 488 g/mol. The summed E-state index contributed by atoms with van der Waals surface area (Å²) in [6, 6.07) is 12.7. The van der Waals surface area contributed by atoms with Gasteiger partial charge in [-0.05, 0) is 48.1 Å². The highest BCUT2D eigenvalue weighted by Crippen LogP contribution is 2.48. The molecule has 2 unspecified atom stereocenters. The van der Waals surface area contributed by atoms with Crippen LogP contribution in [0.3, 0.4) is 0 Å². The molecule has 0 heterocycles. The van der Waals surface area contributed by atoms with Crippen molar-refractivity contribution < 1.29 is 40.6 Å². The van der Waals surface area contributed by atoms with Crippen molar-refractivity contribution in [2.45, 2.75) is 70.4 Å². The molecule has 0 radical (unpaired) electrons. The van der Waals surface area contributed by atoms with E-state index in [4.69, 9.17) is 11.2 Å². The molecule has 0 saturated heterocycles. The Morgan fingerprint density at radius 1 is 0.853 bits per heavy atom. The molecule has 0 spiro atoms. The van der Waals surface area contributed by atoms with Crippen LogP contribution in [0.2, 0.25) is 0 Å². The molecule has 0 aromatic heterocycles. The van der Waals surface area contributed by atoms with Crippen molar-refractivity contribution >= 4 is 0 Å². The van der Waals surface area contributed by atoms with E-state index in [2.05, 4.69) is 23.3 Å². The highest BCUT2D eigenvalue weighted by atomic mass is 19.4. The summed E-state index contributed by atoms with van der Waals surface area (Å²) in [6.07, 6.45) is -7.69. The minimum absolute atomic E-state index is 0.194. The van der Waals surface area contributed by atoms with Crippen LogP contribution in [0.4, 0.5) is 26.3 Å². The Balaban J connectivity index is 2.16. The van der Waals surface area contributed by atoms with E-state index in [1.54, 1.807) is 0 Å². The van der Waals surface area contributed by atoms with Crippen molar-refractivity contribution in [1.82, 2.24) is 0 Å². The maximum atomic E-state index is 13.7. The Bertz CT molecular complexity index is 929. The van der Waals surface area contributed by atoms with Gasteiger partial charge in [-0.2, -0.15) is 26.3 Å². The van der Waals surface area contributed by atoms with E-state index in [0.29, 0.717) is 11.7 Å². The highest BCUT2D eigenvalue weighted by Gasteiger charge is 2.72. The fraction of sp³-hybridized carbons (Fsp3) is 0.440. The third-order valence-corrected chi connectivity index (χ3v) is 5.46. The zero-order chi connectivity index (χ0) is 25.6. The average Bonchev–Trinajstić information content (AvgIpc) is 2.76. The second kappa shape index (κ2) is 11.0. The summed E-state index contributed by atoms with van der Waals surface area (Å²) in [6.45, 7) is 5.27. The van der Waals surface area contributed by atoms with Crippen LogP contribution >= 0.6 is 0 Å². The van der Waals surface area contributed by atoms with Crippen LogP contribution in [-0.2, 0) is 22.5 Å². The molecule has 2 atom stereocenters. The second-order valence-corrected chi connectivity index (χ2v) is 7.90. The number of hydrogen-bond donors (Lipinski definition) is 0. The van der Waals surface area contributed by atoms with E-state index in [1.165, 1.54) is 23.8 Å². The first kappa shape index (κ1) is 27.4. The monoisotopic (exact) mass is 488 g/mol. The summed E-state index contributed by atoms with van der Waals surface area (Å²) >= 11 is 0. The molecule has 0 aliphatic rings. The van der Waals surface area contributed by atoms with Crippen LogP contribution in [0, 0.1) is 12.5 Å². The summed E-state index contributed by atoms with van der Waals surface area (Å²) in [5.41, 5.74) is -2.69. The number of benzene rings is 2. The molecule has 0 fully saturated rings. The van der Waals surface area contributed by atoms with E-state index in [-0.39, 0.29) is 12.2 Å². The van der Waals surface area contributed by atoms with Crippen LogP contribution in [0.1, 0.15) is 49.8 Å². The summed E-state index contributed by atoms with van der Waals surface area (Å²) in [7, 11) is 0. The van der Waals surface area contributed by atoms with Crippen molar-refractivity contribution in [2.75, 3.05) is 0 Å². The lowest BCUT2D eigenvalue weighted by molar-refractivity contribution is -0.402. The number of ether oxygens (including phenoxy) is 3. The Labute approximate surface area is 195 Å². The molecule has 0 aliphatic heterocycles. The molecule has 0 saturated carbocycles. The first-order valence-corrected chi connectivity index (χ1v) is 10.6. The maximum Gasteiger partial charge on any atom is 0.426 e. The molecular formula is C25H26F6O3. The number of halogens is 6. The van der Waals surface area contributed by atoms with Crippen molar-refractivity contribution in [2.24, 2.45) is 0 Å². The molecular weight excluding hydrogens is 462 g/mol. The fourth-order valence-electron chi connectivity index (χ4n) is 3.28. The number of rotatable bonds is 10. The van der Waals surface area contributed by atoms with Gasteiger partial charge in [-0.1, -0.05) is 56.7 Å². The predicted molar refractivity (Wildman–Crippen MR) is 115 cm³/mol. The standard InChI is InChI=1S/C25H26F6O3/c1-5-17(3)21-11-7-20(8-12-21)16-33-22-13-9-19(10-14-22)15-23(24(26,27)28,25(29,30)31)34-18(4)32-6-2/h2,7-14,17-18H,5,15-16H2,1,3-4H3. The zero-order valence-corrected chi connectivity index (χ0v) is 19.0. The van der Waals surface area contributed by atoms with Gasteiger partial charge in [-0.15, -0.1) is 0 Å². The van der Waals surface area contributed by atoms with Crippen LogP contribution < -0.4 is 4.74 Å². The van der Waals surface area contributed by atoms with Crippen LogP contribution in [0.25, 0.3) is 0 Å². The van der Waals surface area contributed by atoms with E-state index in [1.807, 2.05) is 24.3 Å². The first-order valence-electron chi connectivity index (χ1n) is 10.6. The summed E-state index contributed by atoms with van der Waals surface area (Å²) in [5.74, 6) is 0.720. The van der Waals surface area contributed by atoms with Crippen molar-refractivity contribution in [1.29, 1.82) is 0 Å². The SMILES string of the molecule is C#COC(C)OC(Cc1ccc(OCc2ccc(C(C)CC)cc2)cc1)(C(F)(F)F)C(F)(F)F. The van der Waals surface area contributed by atoms with Gasteiger partial charge in [0.1, 0.15) is 18.5 Å². The molecule has 2 aromatic carbocycles. The Morgan fingerprint density at radius 3 is 1.85 bits per heavy atom. The van der Waals surface area contributed by atoms with Crippen molar-refractivity contribution in [3.63, 3.8) is 0 Å². The lowest BCUT2D eigenvalue weighted by atomic mass is 9.92.